The van der Waals surface area contributed by atoms with Crippen LogP contribution >= 0.6 is 11.3 Å². The van der Waals surface area contributed by atoms with Crippen LogP contribution in [0.5, 0.6) is 0 Å². The van der Waals surface area contributed by atoms with Crippen molar-refractivity contribution in [3.05, 3.63) is 102 Å². The lowest BCUT2D eigenvalue weighted by Gasteiger charge is -2.25. The van der Waals surface area contributed by atoms with E-state index in [0.29, 0.717) is 0 Å². The van der Waals surface area contributed by atoms with Crippen molar-refractivity contribution in [3.63, 3.8) is 0 Å². The standard InChI is InChI=1S/C23H15F2N3O3S/c1-31-23(30)18-19(27)14(11-26)20(13-7-3-5-9-16(13)25)28-21(29)17(32-22(18)28)10-12-6-2-4-8-15(12)24/h2-10,20H,27H2,1H3/b17-10+. The van der Waals surface area contributed by atoms with Crippen LogP contribution in [0.1, 0.15) is 17.2 Å². The largest absolute Gasteiger partial charge is 0.465 e. The van der Waals surface area contributed by atoms with Crippen LogP contribution in [0.3, 0.4) is 0 Å². The molecule has 2 N–H and O–H groups in total. The molecule has 0 amide bonds. The van der Waals surface area contributed by atoms with Crippen LogP contribution in [0.2, 0.25) is 0 Å². The molecule has 1 aliphatic heterocycles. The van der Waals surface area contributed by atoms with Gasteiger partial charge in [0.05, 0.1) is 29.0 Å². The summed E-state index contributed by atoms with van der Waals surface area (Å²) >= 11 is 0.882. The molecule has 32 heavy (non-hydrogen) atoms. The molecule has 9 heteroatoms. The van der Waals surface area contributed by atoms with E-state index >= 15 is 0 Å². The molecule has 0 saturated carbocycles. The molecule has 1 atom stereocenters. The summed E-state index contributed by atoms with van der Waals surface area (Å²) in [5.41, 5.74) is 5.19. The van der Waals surface area contributed by atoms with Gasteiger partial charge in [-0.1, -0.05) is 36.4 Å². The van der Waals surface area contributed by atoms with E-state index in [1.165, 1.54) is 42.5 Å². The number of aromatic nitrogens is 1. The Morgan fingerprint density at radius 1 is 1.19 bits per heavy atom. The third-order valence-electron chi connectivity index (χ3n) is 5.06. The molecule has 4 rings (SSSR count). The van der Waals surface area contributed by atoms with Crippen LogP contribution in [0.15, 0.2) is 64.6 Å². The summed E-state index contributed by atoms with van der Waals surface area (Å²) in [5, 5.41) is 9.81. The molecular formula is C23H15F2N3O3S. The van der Waals surface area contributed by atoms with Gasteiger partial charge in [0.2, 0.25) is 0 Å². The van der Waals surface area contributed by atoms with Crippen molar-refractivity contribution < 1.29 is 18.3 Å². The van der Waals surface area contributed by atoms with Gasteiger partial charge < -0.3 is 10.5 Å². The molecule has 0 spiro atoms. The number of allylic oxidation sites excluding steroid dienone is 1. The van der Waals surface area contributed by atoms with E-state index in [2.05, 4.69) is 0 Å². The molecule has 3 aromatic rings. The van der Waals surface area contributed by atoms with Crippen LogP contribution in [0.25, 0.3) is 11.6 Å². The number of esters is 1. The molecule has 0 saturated heterocycles. The molecule has 6 nitrogen and oxygen atoms in total. The highest BCUT2D eigenvalue weighted by Gasteiger charge is 2.35. The Hall–Kier alpha value is -4.03. The van der Waals surface area contributed by atoms with Gasteiger partial charge in [0.1, 0.15) is 27.9 Å². The molecule has 1 aromatic heterocycles. The van der Waals surface area contributed by atoms with Crippen LogP contribution in [-0.2, 0) is 9.53 Å². The van der Waals surface area contributed by atoms with Gasteiger partial charge in [0.15, 0.2) is 0 Å². The molecule has 0 aliphatic carbocycles. The molecule has 0 fully saturated rings. The second-order valence-electron chi connectivity index (χ2n) is 6.84. The number of hydrogen-bond acceptors (Lipinski definition) is 6. The minimum absolute atomic E-state index is 0.0366. The number of methoxy groups -OCH3 is 1. The maximum absolute atomic E-state index is 14.7. The smallest absolute Gasteiger partial charge is 0.343 e. The van der Waals surface area contributed by atoms with Crippen molar-refractivity contribution in [3.8, 4) is 6.07 Å². The van der Waals surface area contributed by atoms with Crippen molar-refractivity contribution in [1.29, 1.82) is 5.26 Å². The first-order valence-electron chi connectivity index (χ1n) is 9.33. The Balaban J connectivity index is 2.15. The summed E-state index contributed by atoms with van der Waals surface area (Å²) in [6, 6.07) is 12.2. The summed E-state index contributed by atoms with van der Waals surface area (Å²) in [7, 11) is 1.14. The van der Waals surface area contributed by atoms with Crippen LogP contribution in [-0.4, -0.2) is 17.6 Å². The van der Waals surface area contributed by atoms with Crippen molar-refractivity contribution >= 4 is 29.0 Å². The Bertz CT molecular complexity index is 1510. The maximum Gasteiger partial charge on any atom is 0.343 e. The number of carbonyl (C=O) groups excluding carboxylic acids is 1. The fourth-order valence-electron chi connectivity index (χ4n) is 3.58. The van der Waals surface area contributed by atoms with Crippen molar-refractivity contribution in [2.75, 3.05) is 7.11 Å². The SMILES string of the molecule is COC(=O)C1=c2s/c(=C/c3ccccc3F)c(=O)n2C(c2ccccc2F)C(C#N)=C1N. The zero-order valence-electron chi connectivity index (χ0n) is 16.6. The third-order valence-corrected chi connectivity index (χ3v) is 6.17. The Morgan fingerprint density at radius 3 is 2.47 bits per heavy atom. The first-order valence-corrected chi connectivity index (χ1v) is 10.2. The molecule has 1 unspecified atom stereocenters. The van der Waals surface area contributed by atoms with Crippen LogP contribution < -0.4 is 20.5 Å². The number of nitrogens with zero attached hydrogens (tertiary/aromatic N) is 2. The van der Waals surface area contributed by atoms with E-state index in [4.69, 9.17) is 10.5 Å². The summed E-state index contributed by atoms with van der Waals surface area (Å²) in [4.78, 5) is 25.9. The third kappa shape index (κ3) is 3.31. The lowest BCUT2D eigenvalue weighted by molar-refractivity contribution is -0.133. The zero-order valence-corrected chi connectivity index (χ0v) is 17.5. The second-order valence-corrected chi connectivity index (χ2v) is 7.87. The normalized spacial score (nSPS) is 16.0. The average molecular weight is 451 g/mol. The lowest BCUT2D eigenvalue weighted by atomic mass is 9.92. The summed E-state index contributed by atoms with van der Waals surface area (Å²) in [6.07, 6.45) is 1.34. The van der Waals surface area contributed by atoms with Crippen LogP contribution in [0, 0.1) is 23.0 Å². The van der Waals surface area contributed by atoms with Crippen LogP contribution in [0.4, 0.5) is 8.78 Å². The van der Waals surface area contributed by atoms with Gasteiger partial charge in [0.25, 0.3) is 5.56 Å². The number of halogens is 2. The zero-order chi connectivity index (χ0) is 23.0. The number of hydrogen-bond donors (Lipinski definition) is 1. The first kappa shape index (κ1) is 21.2. The van der Waals surface area contributed by atoms with Gasteiger partial charge in [-0.2, -0.15) is 5.26 Å². The fourth-order valence-corrected chi connectivity index (χ4v) is 4.74. The topological polar surface area (TPSA) is 98.1 Å². The van der Waals surface area contributed by atoms with E-state index in [9.17, 15) is 23.6 Å². The van der Waals surface area contributed by atoms with Gasteiger partial charge in [-0.05, 0) is 18.2 Å². The quantitative estimate of drug-likeness (QED) is 0.611. The van der Waals surface area contributed by atoms with Gasteiger partial charge in [-0.3, -0.25) is 9.36 Å². The second kappa shape index (κ2) is 8.24. The summed E-state index contributed by atoms with van der Waals surface area (Å²) < 4.78 is 35.0. The van der Waals surface area contributed by atoms with E-state index in [1.807, 2.05) is 6.07 Å². The van der Waals surface area contributed by atoms with Crippen molar-refractivity contribution in [2.24, 2.45) is 5.73 Å². The predicted molar refractivity (Wildman–Crippen MR) is 115 cm³/mol. The number of fused-ring (bicyclic) bond motifs is 1. The highest BCUT2D eigenvalue weighted by atomic mass is 32.1. The van der Waals surface area contributed by atoms with Crippen molar-refractivity contribution in [2.45, 2.75) is 6.04 Å². The number of rotatable bonds is 3. The van der Waals surface area contributed by atoms with Gasteiger partial charge in [-0.25, -0.2) is 13.6 Å². The number of benzene rings is 2. The number of thiazole rings is 1. The Morgan fingerprint density at radius 2 is 1.84 bits per heavy atom. The van der Waals surface area contributed by atoms with Crippen molar-refractivity contribution in [1.82, 2.24) is 4.57 Å². The highest BCUT2D eigenvalue weighted by molar-refractivity contribution is 7.07. The number of nitrogens with two attached hydrogens (primary N) is 1. The van der Waals surface area contributed by atoms with E-state index in [0.717, 1.165) is 23.0 Å². The molecule has 0 bridgehead atoms. The number of ether oxygens (including phenoxy) is 1. The number of carbonyl (C=O) groups is 1. The van der Waals surface area contributed by atoms with Gasteiger partial charge in [0, 0.05) is 11.1 Å². The molecule has 2 aromatic carbocycles. The monoisotopic (exact) mass is 451 g/mol. The number of nitriles is 1. The fraction of sp³-hybridized carbons (Fsp3) is 0.0870. The highest BCUT2D eigenvalue weighted by Crippen LogP contribution is 2.32. The molecule has 160 valence electrons. The molecule has 1 aliphatic rings. The summed E-state index contributed by atoms with van der Waals surface area (Å²) in [5.74, 6) is -2.04. The maximum atomic E-state index is 14.7. The van der Waals surface area contributed by atoms with E-state index in [1.54, 1.807) is 12.1 Å². The van der Waals surface area contributed by atoms with Gasteiger partial charge in [-0.15, -0.1) is 11.3 Å². The first-order chi connectivity index (χ1) is 15.4. The Labute approximate surface area is 184 Å². The molecular weight excluding hydrogens is 436 g/mol. The van der Waals surface area contributed by atoms with E-state index in [-0.39, 0.29) is 37.2 Å². The lowest BCUT2D eigenvalue weighted by Crippen LogP contribution is -2.41. The van der Waals surface area contributed by atoms with Gasteiger partial charge >= 0.3 is 5.97 Å². The molecule has 0 radical (unpaired) electrons. The van der Waals surface area contributed by atoms with E-state index < -0.39 is 29.2 Å². The Kier molecular flexibility index (Phi) is 5.47. The average Bonchev–Trinajstić information content (AvgIpc) is 3.10. The summed E-state index contributed by atoms with van der Waals surface area (Å²) in [6.45, 7) is 0. The molecule has 2 heterocycles. The minimum atomic E-state index is -1.20. The minimum Gasteiger partial charge on any atom is -0.465 e. The predicted octanol–water partition coefficient (Wildman–Crippen LogP) is 1.68.